The van der Waals surface area contributed by atoms with Gasteiger partial charge in [0.25, 0.3) is 0 Å². The first kappa shape index (κ1) is 15.4. The molecular weight excluding hydrogens is 315 g/mol. The fourth-order valence-corrected chi connectivity index (χ4v) is 2.34. The number of ketones is 1. The molecule has 0 aromatic heterocycles. The second kappa shape index (κ2) is 6.16. The van der Waals surface area contributed by atoms with Gasteiger partial charge >= 0.3 is 5.97 Å². The van der Waals surface area contributed by atoms with E-state index in [4.69, 9.17) is 28.3 Å². The average molecular weight is 325 g/mol. The fourth-order valence-electron chi connectivity index (χ4n) is 1.81. The molecule has 21 heavy (non-hydrogen) atoms. The lowest BCUT2D eigenvalue weighted by Gasteiger charge is -2.06. The summed E-state index contributed by atoms with van der Waals surface area (Å²) in [5.74, 6) is -1.48. The predicted molar refractivity (Wildman–Crippen MR) is 79.6 cm³/mol. The number of hydrogen-bond acceptors (Lipinski definition) is 3. The monoisotopic (exact) mass is 324 g/mol. The number of benzene rings is 2. The fraction of sp³-hybridized carbons (Fsp3) is 0.0667. The van der Waals surface area contributed by atoms with Gasteiger partial charge in [-0.1, -0.05) is 35.3 Å². The Hall–Kier alpha value is -2.04. The Kier molecular flexibility index (Phi) is 4.50. The molecule has 0 bridgehead atoms. The van der Waals surface area contributed by atoms with Gasteiger partial charge in [0.15, 0.2) is 11.5 Å². The van der Waals surface area contributed by atoms with Crippen LogP contribution < -0.4 is 0 Å². The number of halogens is 2. The summed E-state index contributed by atoms with van der Waals surface area (Å²) < 4.78 is 0. The smallest absolute Gasteiger partial charge is 0.335 e. The van der Waals surface area contributed by atoms with Crippen LogP contribution in [0.2, 0.25) is 10.0 Å². The number of Topliss-reactive ketones (excluding diaryl/α,β-unsaturated/α-hetero) is 1. The number of phenols is 1. The number of phenolic OH excluding ortho intramolecular Hbond substituents is 1. The third-order valence-electron chi connectivity index (χ3n) is 2.90. The molecular formula is C15H10Cl2O4. The molecule has 0 saturated heterocycles. The molecule has 0 aliphatic carbocycles. The molecule has 2 aromatic rings. The van der Waals surface area contributed by atoms with Crippen LogP contribution in [0.5, 0.6) is 5.75 Å². The van der Waals surface area contributed by atoms with Crippen LogP contribution in [-0.2, 0) is 6.42 Å². The van der Waals surface area contributed by atoms with Gasteiger partial charge in [-0.25, -0.2) is 4.79 Å². The van der Waals surface area contributed by atoms with Crippen molar-refractivity contribution in [3.05, 3.63) is 63.1 Å². The van der Waals surface area contributed by atoms with E-state index in [2.05, 4.69) is 0 Å². The highest BCUT2D eigenvalue weighted by molar-refractivity contribution is 6.37. The topological polar surface area (TPSA) is 74.6 Å². The minimum Gasteiger partial charge on any atom is -0.505 e. The average Bonchev–Trinajstić information content (AvgIpc) is 2.44. The van der Waals surface area contributed by atoms with E-state index in [1.54, 1.807) is 0 Å². The number of rotatable bonds is 4. The van der Waals surface area contributed by atoms with Gasteiger partial charge in [0, 0.05) is 12.0 Å². The van der Waals surface area contributed by atoms with Gasteiger partial charge < -0.3 is 10.2 Å². The summed E-state index contributed by atoms with van der Waals surface area (Å²) in [7, 11) is 0. The second-order valence-corrected chi connectivity index (χ2v) is 5.20. The molecule has 0 aliphatic heterocycles. The molecule has 2 N–H and O–H groups in total. The van der Waals surface area contributed by atoms with Crippen LogP contribution in [0.3, 0.4) is 0 Å². The number of carbonyl (C=O) groups is 2. The van der Waals surface area contributed by atoms with Crippen molar-refractivity contribution in [2.75, 3.05) is 0 Å². The van der Waals surface area contributed by atoms with Gasteiger partial charge in [-0.3, -0.25) is 4.79 Å². The number of carboxylic acid groups (broad SMARTS) is 1. The van der Waals surface area contributed by atoms with E-state index in [1.807, 2.05) is 0 Å². The van der Waals surface area contributed by atoms with E-state index in [-0.39, 0.29) is 33.6 Å². The number of carboxylic acids is 1. The van der Waals surface area contributed by atoms with Gasteiger partial charge in [0.05, 0.1) is 15.6 Å². The minimum atomic E-state index is -1.05. The highest BCUT2D eigenvalue weighted by Crippen LogP contribution is 2.33. The van der Waals surface area contributed by atoms with E-state index in [9.17, 15) is 14.7 Å². The van der Waals surface area contributed by atoms with Crippen LogP contribution in [0.15, 0.2) is 36.4 Å². The molecule has 4 nitrogen and oxygen atoms in total. The van der Waals surface area contributed by atoms with Crippen molar-refractivity contribution in [2.24, 2.45) is 0 Å². The molecule has 2 aromatic carbocycles. The van der Waals surface area contributed by atoms with E-state index in [1.165, 1.54) is 36.4 Å². The molecule has 6 heteroatoms. The lowest BCUT2D eigenvalue weighted by atomic mass is 10.0. The highest BCUT2D eigenvalue weighted by Gasteiger charge is 2.12. The van der Waals surface area contributed by atoms with Gasteiger partial charge in [0.1, 0.15) is 0 Å². The van der Waals surface area contributed by atoms with Crippen LogP contribution in [-0.4, -0.2) is 22.0 Å². The van der Waals surface area contributed by atoms with Gasteiger partial charge in [-0.15, -0.1) is 0 Å². The van der Waals surface area contributed by atoms with Crippen LogP contribution in [0.4, 0.5) is 0 Å². The van der Waals surface area contributed by atoms with Crippen LogP contribution in [0.25, 0.3) is 0 Å². The Labute approximate surface area is 130 Å². The summed E-state index contributed by atoms with van der Waals surface area (Å²) in [6.45, 7) is 0. The maximum atomic E-state index is 12.1. The highest BCUT2D eigenvalue weighted by atomic mass is 35.5. The Bertz CT molecular complexity index is 685. The number of aromatic hydroxyl groups is 1. The minimum absolute atomic E-state index is 0.0478. The first-order chi connectivity index (χ1) is 9.88. The summed E-state index contributed by atoms with van der Waals surface area (Å²) in [5, 5.41) is 18.4. The molecule has 0 saturated carbocycles. The molecule has 0 atom stereocenters. The Balaban J connectivity index is 2.20. The van der Waals surface area contributed by atoms with Crippen molar-refractivity contribution in [1.82, 2.24) is 0 Å². The van der Waals surface area contributed by atoms with Gasteiger partial charge in [-0.2, -0.15) is 0 Å². The Morgan fingerprint density at radius 2 is 1.43 bits per heavy atom. The molecule has 0 fully saturated rings. The molecule has 0 aliphatic rings. The summed E-state index contributed by atoms with van der Waals surface area (Å²) >= 11 is 11.6. The Morgan fingerprint density at radius 3 is 1.90 bits per heavy atom. The first-order valence-electron chi connectivity index (χ1n) is 5.92. The lowest BCUT2D eigenvalue weighted by molar-refractivity contribution is 0.0696. The zero-order valence-corrected chi connectivity index (χ0v) is 12.1. The summed E-state index contributed by atoms with van der Waals surface area (Å²) in [6, 6.07) is 8.57. The maximum absolute atomic E-state index is 12.1. The SMILES string of the molecule is O=C(O)c1ccc(C(=O)Cc2cc(Cl)c(O)c(Cl)c2)cc1. The van der Waals surface area contributed by atoms with Crippen molar-refractivity contribution in [1.29, 1.82) is 0 Å². The second-order valence-electron chi connectivity index (χ2n) is 4.39. The quantitative estimate of drug-likeness (QED) is 0.838. The third-order valence-corrected chi connectivity index (χ3v) is 3.47. The molecule has 0 heterocycles. The maximum Gasteiger partial charge on any atom is 0.335 e. The van der Waals surface area contributed by atoms with E-state index < -0.39 is 5.97 Å². The number of aromatic carboxylic acids is 1. The summed E-state index contributed by atoms with van der Waals surface area (Å²) in [5.41, 5.74) is 1.07. The number of hydrogen-bond donors (Lipinski definition) is 2. The number of carbonyl (C=O) groups excluding carboxylic acids is 1. The molecule has 2 rings (SSSR count). The van der Waals surface area contributed by atoms with Crippen molar-refractivity contribution < 1.29 is 19.8 Å². The van der Waals surface area contributed by atoms with Crippen molar-refractivity contribution in [3.8, 4) is 5.75 Å². The predicted octanol–water partition coefficient (Wildman–Crippen LogP) is 3.82. The van der Waals surface area contributed by atoms with Crippen molar-refractivity contribution in [3.63, 3.8) is 0 Å². The first-order valence-corrected chi connectivity index (χ1v) is 6.67. The molecule has 0 spiro atoms. The molecule has 108 valence electrons. The Morgan fingerprint density at radius 1 is 0.952 bits per heavy atom. The van der Waals surface area contributed by atoms with E-state index in [0.29, 0.717) is 11.1 Å². The van der Waals surface area contributed by atoms with Crippen LogP contribution in [0.1, 0.15) is 26.3 Å². The van der Waals surface area contributed by atoms with Gasteiger partial charge in [0.2, 0.25) is 0 Å². The van der Waals surface area contributed by atoms with Gasteiger partial charge in [-0.05, 0) is 29.8 Å². The zero-order valence-electron chi connectivity index (χ0n) is 10.6. The third kappa shape index (κ3) is 3.54. The molecule has 0 radical (unpaired) electrons. The zero-order chi connectivity index (χ0) is 15.6. The summed E-state index contributed by atoms with van der Waals surface area (Å²) in [6.07, 6.45) is 0.0478. The van der Waals surface area contributed by atoms with Crippen molar-refractivity contribution in [2.45, 2.75) is 6.42 Å². The van der Waals surface area contributed by atoms with E-state index >= 15 is 0 Å². The van der Waals surface area contributed by atoms with Crippen LogP contribution >= 0.6 is 23.2 Å². The largest absolute Gasteiger partial charge is 0.505 e. The molecule has 0 unspecified atom stereocenters. The van der Waals surface area contributed by atoms with Crippen molar-refractivity contribution >= 4 is 35.0 Å². The molecule has 0 amide bonds. The van der Waals surface area contributed by atoms with Crippen LogP contribution in [0, 0.1) is 0 Å². The standard InChI is InChI=1S/C15H10Cl2O4/c16-11-5-8(6-12(17)14(11)19)7-13(18)9-1-3-10(4-2-9)15(20)21/h1-6,19H,7H2,(H,20,21). The van der Waals surface area contributed by atoms with E-state index in [0.717, 1.165) is 0 Å². The lowest BCUT2D eigenvalue weighted by Crippen LogP contribution is -2.05. The summed E-state index contributed by atoms with van der Waals surface area (Å²) in [4.78, 5) is 22.8. The normalized spacial score (nSPS) is 10.4.